The van der Waals surface area contributed by atoms with Gasteiger partial charge < -0.3 is 15.4 Å². The number of aryl methyl sites for hydroxylation is 1. The first-order valence-electron chi connectivity index (χ1n) is 10.4. The van der Waals surface area contributed by atoms with Crippen LogP contribution in [0.25, 0.3) is 0 Å². The number of rotatable bonds is 8. The fraction of sp³-hybridized carbons (Fsp3) is 0.545. The number of methoxy groups -OCH3 is 1. The fourth-order valence-corrected chi connectivity index (χ4v) is 4.50. The molecular formula is C22H33N5OS. The molecule has 1 aromatic heterocycles. The van der Waals surface area contributed by atoms with Gasteiger partial charge in [0.2, 0.25) is 0 Å². The van der Waals surface area contributed by atoms with Crippen molar-refractivity contribution in [3.8, 4) is 5.75 Å². The number of nitrogens with zero attached hydrogens (tertiary/aromatic N) is 3. The lowest BCUT2D eigenvalue weighted by Crippen LogP contribution is -2.45. The standard InChI is InChI=1S/C22H33N5OS/c1-17-26-18(16-29-17)11-12-24-22(23-2)25-15-20(27-13-7-4-8-14-27)19-9-5-6-10-21(19)28-3/h5-6,9-10,16,20H,4,7-8,11-15H2,1-3H3,(H2,23,24,25). The highest BCUT2D eigenvalue weighted by atomic mass is 32.1. The topological polar surface area (TPSA) is 61.8 Å². The van der Waals surface area contributed by atoms with Crippen LogP contribution >= 0.6 is 11.3 Å². The number of likely N-dealkylation sites (tertiary alicyclic amines) is 1. The normalized spacial score (nSPS) is 16.4. The Morgan fingerprint density at radius 1 is 1.24 bits per heavy atom. The van der Waals surface area contributed by atoms with E-state index in [0.29, 0.717) is 0 Å². The molecule has 0 amide bonds. The molecule has 7 heteroatoms. The average Bonchev–Trinajstić information content (AvgIpc) is 3.18. The van der Waals surface area contributed by atoms with Crippen LogP contribution < -0.4 is 15.4 Å². The van der Waals surface area contributed by atoms with Crippen LogP contribution in [0.1, 0.15) is 41.6 Å². The molecule has 2 aromatic rings. The second-order valence-corrected chi connectivity index (χ2v) is 8.40. The highest BCUT2D eigenvalue weighted by molar-refractivity contribution is 7.09. The summed E-state index contributed by atoms with van der Waals surface area (Å²) in [7, 11) is 3.57. The molecule has 1 aliphatic rings. The Morgan fingerprint density at radius 2 is 2.03 bits per heavy atom. The molecule has 1 aliphatic heterocycles. The van der Waals surface area contributed by atoms with Crippen molar-refractivity contribution in [2.24, 2.45) is 4.99 Å². The van der Waals surface area contributed by atoms with Crippen molar-refractivity contribution in [2.45, 2.75) is 38.6 Å². The Balaban J connectivity index is 1.61. The monoisotopic (exact) mass is 415 g/mol. The summed E-state index contributed by atoms with van der Waals surface area (Å²) in [5, 5.41) is 10.2. The molecule has 2 N–H and O–H groups in total. The smallest absolute Gasteiger partial charge is 0.191 e. The van der Waals surface area contributed by atoms with E-state index in [1.165, 1.54) is 24.8 Å². The Kier molecular flexibility index (Phi) is 8.31. The van der Waals surface area contributed by atoms with E-state index in [9.17, 15) is 0 Å². The summed E-state index contributed by atoms with van der Waals surface area (Å²) >= 11 is 1.70. The molecule has 6 nitrogen and oxygen atoms in total. The fourth-order valence-electron chi connectivity index (χ4n) is 3.85. The molecule has 29 heavy (non-hydrogen) atoms. The quantitative estimate of drug-likeness (QED) is 0.511. The minimum atomic E-state index is 0.256. The molecule has 0 spiro atoms. The van der Waals surface area contributed by atoms with Crippen molar-refractivity contribution < 1.29 is 4.74 Å². The van der Waals surface area contributed by atoms with Gasteiger partial charge in [0.1, 0.15) is 5.75 Å². The number of thiazole rings is 1. The van der Waals surface area contributed by atoms with Crippen LogP contribution in [0, 0.1) is 6.92 Å². The number of aliphatic imine (C=N–C) groups is 1. The van der Waals surface area contributed by atoms with Crippen molar-refractivity contribution in [1.82, 2.24) is 20.5 Å². The van der Waals surface area contributed by atoms with Gasteiger partial charge in [0.05, 0.1) is 23.9 Å². The average molecular weight is 416 g/mol. The summed E-state index contributed by atoms with van der Waals surface area (Å²) in [6, 6.07) is 8.61. The molecular weight excluding hydrogens is 382 g/mol. The third kappa shape index (κ3) is 6.18. The molecule has 2 heterocycles. The van der Waals surface area contributed by atoms with Gasteiger partial charge in [-0.25, -0.2) is 4.98 Å². The first kappa shape index (κ1) is 21.6. The number of piperidine rings is 1. The summed E-state index contributed by atoms with van der Waals surface area (Å²) in [6.07, 6.45) is 4.73. The molecule has 1 atom stereocenters. The summed E-state index contributed by atoms with van der Waals surface area (Å²) in [6.45, 7) is 5.89. The van der Waals surface area contributed by atoms with Crippen LogP contribution in [0.5, 0.6) is 5.75 Å². The van der Waals surface area contributed by atoms with Crippen molar-refractivity contribution in [1.29, 1.82) is 0 Å². The molecule has 0 bridgehead atoms. The lowest BCUT2D eigenvalue weighted by Gasteiger charge is -2.35. The zero-order valence-corrected chi connectivity index (χ0v) is 18.6. The van der Waals surface area contributed by atoms with Gasteiger partial charge in [-0.3, -0.25) is 9.89 Å². The SMILES string of the molecule is CN=C(NCCc1csc(C)n1)NCC(c1ccccc1OC)N1CCCCC1. The molecule has 3 rings (SSSR count). The molecule has 1 fully saturated rings. The summed E-state index contributed by atoms with van der Waals surface area (Å²) in [4.78, 5) is 11.5. The van der Waals surface area contributed by atoms with Gasteiger partial charge in [-0.1, -0.05) is 24.6 Å². The van der Waals surface area contributed by atoms with E-state index in [4.69, 9.17) is 4.74 Å². The molecule has 1 saturated heterocycles. The van der Waals surface area contributed by atoms with Gasteiger partial charge in [-0.2, -0.15) is 0 Å². The summed E-state index contributed by atoms with van der Waals surface area (Å²) < 4.78 is 5.66. The van der Waals surface area contributed by atoms with Crippen LogP contribution in [0.15, 0.2) is 34.6 Å². The maximum absolute atomic E-state index is 5.66. The second-order valence-electron chi connectivity index (χ2n) is 7.34. The number of ether oxygens (including phenoxy) is 1. The first-order valence-corrected chi connectivity index (χ1v) is 11.3. The summed E-state index contributed by atoms with van der Waals surface area (Å²) in [5.41, 5.74) is 2.37. The number of nitrogens with one attached hydrogen (secondary N) is 2. The van der Waals surface area contributed by atoms with Crippen LogP contribution in [0.2, 0.25) is 0 Å². The van der Waals surface area contributed by atoms with Crippen LogP contribution in [0.3, 0.4) is 0 Å². The van der Waals surface area contributed by atoms with Gasteiger partial charge in [0, 0.05) is 37.5 Å². The lowest BCUT2D eigenvalue weighted by molar-refractivity contribution is 0.161. The highest BCUT2D eigenvalue weighted by Gasteiger charge is 2.25. The van der Waals surface area contributed by atoms with E-state index in [2.05, 4.69) is 49.1 Å². The van der Waals surface area contributed by atoms with Crippen molar-refractivity contribution in [3.63, 3.8) is 0 Å². The van der Waals surface area contributed by atoms with E-state index in [-0.39, 0.29) is 6.04 Å². The van der Waals surface area contributed by atoms with Crippen LogP contribution in [-0.2, 0) is 6.42 Å². The number of aromatic nitrogens is 1. The molecule has 1 unspecified atom stereocenters. The minimum absolute atomic E-state index is 0.256. The van der Waals surface area contributed by atoms with Gasteiger partial charge in [0.15, 0.2) is 5.96 Å². The maximum atomic E-state index is 5.66. The highest BCUT2D eigenvalue weighted by Crippen LogP contribution is 2.30. The lowest BCUT2D eigenvalue weighted by atomic mass is 10.0. The number of hydrogen-bond acceptors (Lipinski definition) is 5. The Labute approximate surface area is 178 Å². The first-order chi connectivity index (χ1) is 14.2. The van der Waals surface area contributed by atoms with E-state index in [1.807, 2.05) is 20.0 Å². The van der Waals surface area contributed by atoms with Gasteiger partial charge in [-0.05, 0) is 38.9 Å². The second kappa shape index (κ2) is 11.2. The number of benzene rings is 1. The van der Waals surface area contributed by atoms with Crippen molar-refractivity contribution in [3.05, 3.63) is 45.9 Å². The third-order valence-corrected chi connectivity index (χ3v) is 6.18. The number of guanidine groups is 1. The van der Waals surface area contributed by atoms with Gasteiger partial charge in [0.25, 0.3) is 0 Å². The van der Waals surface area contributed by atoms with Crippen molar-refractivity contribution >= 4 is 17.3 Å². The van der Waals surface area contributed by atoms with Gasteiger partial charge >= 0.3 is 0 Å². The summed E-state index contributed by atoms with van der Waals surface area (Å²) in [5.74, 6) is 1.78. The van der Waals surface area contributed by atoms with Crippen molar-refractivity contribution in [2.75, 3.05) is 40.3 Å². The third-order valence-electron chi connectivity index (χ3n) is 5.36. The molecule has 158 valence electrons. The molecule has 0 radical (unpaired) electrons. The van der Waals surface area contributed by atoms with E-state index in [0.717, 1.165) is 55.0 Å². The Hall–Kier alpha value is -2.12. The molecule has 1 aromatic carbocycles. The zero-order chi connectivity index (χ0) is 20.5. The van der Waals surface area contributed by atoms with E-state index in [1.54, 1.807) is 18.4 Å². The predicted octanol–water partition coefficient (Wildman–Crippen LogP) is 3.39. The Bertz CT molecular complexity index is 785. The molecule has 0 saturated carbocycles. The van der Waals surface area contributed by atoms with E-state index < -0.39 is 0 Å². The largest absolute Gasteiger partial charge is 0.496 e. The van der Waals surface area contributed by atoms with Gasteiger partial charge in [-0.15, -0.1) is 11.3 Å². The predicted molar refractivity (Wildman–Crippen MR) is 121 cm³/mol. The van der Waals surface area contributed by atoms with E-state index >= 15 is 0 Å². The Morgan fingerprint density at radius 3 is 2.72 bits per heavy atom. The zero-order valence-electron chi connectivity index (χ0n) is 17.8. The maximum Gasteiger partial charge on any atom is 0.191 e. The van der Waals surface area contributed by atoms with Crippen LogP contribution in [-0.4, -0.2) is 56.2 Å². The number of para-hydroxylation sites is 1. The van der Waals surface area contributed by atoms with Crippen LogP contribution in [0.4, 0.5) is 0 Å². The minimum Gasteiger partial charge on any atom is -0.496 e. The number of hydrogen-bond donors (Lipinski definition) is 2. The molecule has 0 aliphatic carbocycles.